The summed E-state index contributed by atoms with van der Waals surface area (Å²) < 4.78 is 6.35. The van der Waals surface area contributed by atoms with Crippen LogP contribution in [-0.4, -0.2) is 61.1 Å². The average Bonchev–Trinajstić information content (AvgIpc) is 2.94. The van der Waals surface area contributed by atoms with E-state index in [4.69, 9.17) is 16.3 Å². The van der Waals surface area contributed by atoms with E-state index >= 15 is 0 Å². The Labute approximate surface area is 144 Å². The number of halogens is 2. The molecule has 2 heterocycles. The molecule has 6 heteroatoms. The topological polar surface area (TPSA) is 32.8 Å². The zero-order valence-electron chi connectivity index (χ0n) is 12.4. The Kier molecular flexibility index (Phi) is 5.39. The number of carbonyl (C=O) groups excluding carboxylic acids is 1. The number of amides is 1. The van der Waals surface area contributed by atoms with E-state index in [-0.39, 0.29) is 5.91 Å². The van der Waals surface area contributed by atoms with E-state index in [0.717, 1.165) is 56.7 Å². The lowest BCUT2D eigenvalue weighted by atomic mass is 10.2. The van der Waals surface area contributed by atoms with E-state index in [1.165, 1.54) is 0 Å². The molecule has 2 aliphatic rings. The van der Waals surface area contributed by atoms with Gasteiger partial charge in [-0.2, -0.15) is 0 Å². The number of ether oxygens (including phenoxy) is 1. The van der Waals surface area contributed by atoms with Crippen molar-refractivity contribution < 1.29 is 9.53 Å². The zero-order chi connectivity index (χ0) is 15.5. The van der Waals surface area contributed by atoms with Gasteiger partial charge < -0.3 is 9.64 Å². The summed E-state index contributed by atoms with van der Waals surface area (Å²) in [4.78, 5) is 17.1. The number of hydrogen-bond donors (Lipinski definition) is 0. The summed E-state index contributed by atoms with van der Waals surface area (Å²) in [5, 5.41) is 0.512. The molecule has 1 aromatic carbocycles. The Balaban J connectivity index is 1.67. The van der Waals surface area contributed by atoms with Crippen molar-refractivity contribution >= 4 is 33.4 Å². The van der Waals surface area contributed by atoms with Crippen molar-refractivity contribution in [3.8, 4) is 0 Å². The maximum absolute atomic E-state index is 12.7. The molecule has 22 heavy (non-hydrogen) atoms. The first kappa shape index (κ1) is 16.2. The molecule has 0 radical (unpaired) electrons. The van der Waals surface area contributed by atoms with Gasteiger partial charge in [-0.25, -0.2) is 0 Å². The fourth-order valence-electron chi connectivity index (χ4n) is 3.15. The third-order valence-electron chi connectivity index (χ3n) is 4.40. The monoisotopic (exact) mass is 386 g/mol. The number of benzene rings is 1. The van der Waals surface area contributed by atoms with Crippen LogP contribution in [0.15, 0.2) is 22.7 Å². The van der Waals surface area contributed by atoms with E-state index < -0.39 is 0 Å². The maximum atomic E-state index is 12.7. The molecular weight excluding hydrogens is 368 g/mol. The van der Waals surface area contributed by atoms with Crippen LogP contribution in [0.25, 0.3) is 0 Å². The highest BCUT2D eigenvalue weighted by Gasteiger charge is 2.27. The average molecular weight is 388 g/mol. The van der Waals surface area contributed by atoms with Gasteiger partial charge in [0.25, 0.3) is 5.91 Å². The molecule has 2 fully saturated rings. The Morgan fingerprint density at radius 3 is 2.91 bits per heavy atom. The van der Waals surface area contributed by atoms with E-state index in [2.05, 4.69) is 20.8 Å². The van der Waals surface area contributed by atoms with Gasteiger partial charge in [0.05, 0.1) is 17.2 Å². The molecule has 0 spiro atoms. The molecule has 1 amide bonds. The van der Waals surface area contributed by atoms with E-state index in [9.17, 15) is 4.79 Å². The summed E-state index contributed by atoms with van der Waals surface area (Å²) in [6, 6.07) is 5.94. The first-order valence-electron chi connectivity index (χ1n) is 7.71. The van der Waals surface area contributed by atoms with Crippen LogP contribution >= 0.6 is 27.5 Å². The minimum atomic E-state index is 0.0239. The van der Waals surface area contributed by atoms with Crippen LogP contribution in [0, 0.1) is 0 Å². The van der Waals surface area contributed by atoms with Gasteiger partial charge in [-0.3, -0.25) is 9.69 Å². The highest BCUT2D eigenvalue weighted by molar-refractivity contribution is 9.10. The van der Waals surface area contributed by atoms with Crippen LogP contribution in [0.3, 0.4) is 0 Å². The molecule has 0 aromatic heterocycles. The highest BCUT2D eigenvalue weighted by Crippen LogP contribution is 2.23. The van der Waals surface area contributed by atoms with E-state index in [1.807, 2.05) is 11.0 Å². The first-order valence-corrected chi connectivity index (χ1v) is 8.88. The summed E-state index contributed by atoms with van der Waals surface area (Å²) in [6.45, 7) is 5.15. The Morgan fingerprint density at radius 2 is 2.14 bits per heavy atom. The predicted octanol–water partition coefficient (Wildman–Crippen LogP) is 3.04. The van der Waals surface area contributed by atoms with Gasteiger partial charge >= 0.3 is 0 Å². The van der Waals surface area contributed by atoms with Crippen molar-refractivity contribution in [2.24, 2.45) is 0 Å². The van der Waals surface area contributed by atoms with Gasteiger partial charge in [0, 0.05) is 43.3 Å². The van der Waals surface area contributed by atoms with Crippen LogP contribution < -0.4 is 0 Å². The summed E-state index contributed by atoms with van der Waals surface area (Å²) in [6.07, 6.45) is 2.10. The van der Waals surface area contributed by atoms with Gasteiger partial charge in [0.2, 0.25) is 0 Å². The lowest BCUT2D eigenvalue weighted by molar-refractivity contribution is 0.0756. The molecule has 1 unspecified atom stereocenters. The summed E-state index contributed by atoms with van der Waals surface area (Å²) in [7, 11) is 0. The second kappa shape index (κ2) is 7.30. The molecule has 0 aliphatic carbocycles. The number of rotatable bonds is 2. The maximum Gasteiger partial charge on any atom is 0.255 e. The van der Waals surface area contributed by atoms with Gasteiger partial charge in [-0.1, -0.05) is 27.5 Å². The van der Waals surface area contributed by atoms with Crippen molar-refractivity contribution in [1.29, 1.82) is 0 Å². The van der Waals surface area contributed by atoms with Gasteiger partial charge in [-0.05, 0) is 31.0 Å². The lowest BCUT2D eigenvalue weighted by Crippen LogP contribution is -2.39. The SMILES string of the molecule is O=C(c1cc(Br)ccc1Cl)N1CCCN(C2CCOC2)CC1. The minimum Gasteiger partial charge on any atom is -0.380 e. The molecule has 1 atom stereocenters. The Morgan fingerprint density at radius 1 is 1.27 bits per heavy atom. The highest BCUT2D eigenvalue weighted by atomic mass is 79.9. The molecule has 0 N–H and O–H groups in total. The van der Waals surface area contributed by atoms with Crippen molar-refractivity contribution in [1.82, 2.24) is 9.80 Å². The third-order valence-corrected chi connectivity index (χ3v) is 5.22. The van der Waals surface area contributed by atoms with Crippen LogP contribution in [0.5, 0.6) is 0 Å². The van der Waals surface area contributed by atoms with Crippen LogP contribution in [0.4, 0.5) is 0 Å². The third kappa shape index (κ3) is 3.65. The van der Waals surface area contributed by atoms with Crippen LogP contribution in [0.2, 0.25) is 5.02 Å². The minimum absolute atomic E-state index is 0.0239. The van der Waals surface area contributed by atoms with Crippen molar-refractivity contribution in [3.63, 3.8) is 0 Å². The molecular formula is C16H20BrClN2O2. The van der Waals surface area contributed by atoms with E-state index in [0.29, 0.717) is 16.6 Å². The first-order chi connectivity index (χ1) is 10.6. The molecule has 2 saturated heterocycles. The van der Waals surface area contributed by atoms with E-state index in [1.54, 1.807) is 12.1 Å². The Hall–Kier alpha value is -0.620. The fourth-order valence-corrected chi connectivity index (χ4v) is 3.71. The lowest BCUT2D eigenvalue weighted by Gasteiger charge is -2.26. The molecule has 3 rings (SSSR count). The van der Waals surface area contributed by atoms with Gasteiger partial charge in [0.15, 0.2) is 0 Å². The normalized spacial score (nSPS) is 23.5. The molecule has 120 valence electrons. The number of hydrogen-bond acceptors (Lipinski definition) is 3. The largest absolute Gasteiger partial charge is 0.380 e. The molecule has 4 nitrogen and oxygen atoms in total. The van der Waals surface area contributed by atoms with Crippen molar-refractivity contribution in [3.05, 3.63) is 33.3 Å². The van der Waals surface area contributed by atoms with Crippen LogP contribution in [-0.2, 0) is 4.74 Å². The number of carbonyl (C=O) groups is 1. The standard InChI is InChI=1S/C16H20BrClN2O2/c17-12-2-3-15(18)14(10-12)16(21)20-6-1-5-19(7-8-20)13-4-9-22-11-13/h2-3,10,13H,1,4-9,11H2. The zero-order valence-corrected chi connectivity index (χ0v) is 14.8. The molecule has 2 aliphatic heterocycles. The summed E-state index contributed by atoms with van der Waals surface area (Å²) in [5.41, 5.74) is 0.577. The quantitative estimate of drug-likeness (QED) is 0.782. The summed E-state index contributed by atoms with van der Waals surface area (Å²) in [5.74, 6) is 0.0239. The molecule has 0 saturated carbocycles. The summed E-state index contributed by atoms with van der Waals surface area (Å²) >= 11 is 9.59. The number of nitrogens with zero attached hydrogens (tertiary/aromatic N) is 2. The molecule has 0 bridgehead atoms. The fraction of sp³-hybridized carbons (Fsp3) is 0.562. The smallest absolute Gasteiger partial charge is 0.255 e. The van der Waals surface area contributed by atoms with Crippen molar-refractivity contribution in [2.75, 3.05) is 39.4 Å². The van der Waals surface area contributed by atoms with Gasteiger partial charge in [-0.15, -0.1) is 0 Å². The predicted molar refractivity (Wildman–Crippen MR) is 90.5 cm³/mol. The Bertz CT molecular complexity index is 549. The second-order valence-electron chi connectivity index (χ2n) is 5.82. The van der Waals surface area contributed by atoms with Gasteiger partial charge in [0.1, 0.15) is 0 Å². The van der Waals surface area contributed by atoms with Crippen LogP contribution in [0.1, 0.15) is 23.2 Å². The molecule has 1 aromatic rings. The van der Waals surface area contributed by atoms with Crippen molar-refractivity contribution in [2.45, 2.75) is 18.9 Å². The second-order valence-corrected chi connectivity index (χ2v) is 7.15.